The predicted molar refractivity (Wildman–Crippen MR) is 191 cm³/mol. The lowest BCUT2D eigenvalue weighted by Crippen LogP contribution is -2.66. The molecule has 4 N–H and O–H groups in total. The van der Waals surface area contributed by atoms with Crippen molar-refractivity contribution >= 4 is 61.8 Å². The van der Waals surface area contributed by atoms with E-state index >= 15 is 0 Å². The summed E-state index contributed by atoms with van der Waals surface area (Å²) in [7, 11) is 3.99. The van der Waals surface area contributed by atoms with Gasteiger partial charge in [0.1, 0.15) is 18.9 Å². The molecule has 12 nitrogen and oxygen atoms in total. The van der Waals surface area contributed by atoms with Gasteiger partial charge in [-0.25, -0.2) is 19.7 Å². The Morgan fingerprint density at radius 3 is 2.73 bits per heavy atom. The number of hydrazine groups is 1. The van der Waals surface area contributed by atoms with Crippen LogP contribution in [-0.4, -0.2) is 98.9 Å². The second kappa shape index (κ2) is 14.5. The highest BCUT2D eigenvalue weighted by molar-refractivity contribution is 7.22. The minimum Gasteiger partial charge on any atom is -0.378 e. The van der Waals surface area contributed by atoms with Crippen molar-refractivity contribution in [1.82, 2.24) is 35.0 Å². The summed E-state index contributed by atoms with van der Waals surface area (Å²) in [5.41, 5.74) is 9.48. The molecule has 6 rings (SSSR count). The van der Waals surface area contributed by atoms with Gasteiger partial charge in [0.25, 0.3) is 0 Å². The number of allylic oxidation sites excluding steroid dienone is 3. The van der Waals surface area contributed by atoms with Crippen molar-refractivity contribution < 1.29 is 14.7 Å². The molecule has 0 spiro atoms. The lowest BCUT2D eigenvalue weighted by atomic mass is 9.82. The van der Waals surface area contributed by atoms with Crippen LogP contribution >= 0.6 is 34.5 Å². The lowest BCUT2D eigenvalue weighted by Gasteiger charge is -2.47. The molecular weight excluding hydrogens is 685 g/mol. The summed E-state index contributed by atoms with van der Waals surface area (Å²) in [6.07, 6.45) is 5.22. The number of benzene rings is 2. The van der Waals surface area contributed by atoms with E-state index in [0.29, 0.717) is 21.6 Å². The molecular formula is C34H39Cl2N9O3S. The highest BCUT2D eigenvalue weighted by atomic mass is 35.5. The van der Waals surface area contributed by atoms with Crippen LogP contribution in [0.25, 0.3) is 10.2 Å². The van der Waals surface area contributed by atoms with Gasteiger partial charge in [-0.15, -0.1) is 0 Å². The van der Waals surface area contributed by atoms with Crippen LogP contribution in [0.5, 0.6) is 0 Å². The summed E-state index contributed by atoms with van der Waals surface area (Å²) in [5.74, 6) is 0.0658. The Bertz CT molecular complexity index is 1840. The predicted octanol–water partition coefficient (Wildman–Crippen LogP) is 4.47. The van der Waals surface area contributed by atoms with Crippen molar-refractivity contribution in [3.05, 3.63) is 81.5 Å². The largest absolute Gasteiger partial charge is 0.378 e. The van der Waals surface area contributed by atoms with E-state index < -0.39 is 24.5 Å². The maximum absolute atomic E-state index is 14.5. The first kappa shape index (κ1) is 34.9. The summed E-state index contributed by atoms with van der Waals surface area (Å²) < 4.78 is 0.930. The summed E-state index contributed by atoms with van der Waals surface area (Å²) in [6, 6.07) is 11.8. The third kappa shape index (κ3) is 7.21. The number of urea groups is 1. The molecule has 2 saturated heterocycles. The number of para-hydroxylation sites is 1. The van der Waals surface area contributed by atoms with Gasteiger partial charge in [0, 0.05) is 32.9 Å². The molecule has 3 amide bonds. The van der Waals surface area contributed by atoms with Gasteiger partial charge in [-0.1, -0.05) is 71.8 Å². The number of nitrogens with one attached hydrogen (secondary N) is 1. The van der Waals surface area contributed by atoms with Crippen molar-refractivity contribution in [3.63, 3.8) is 0 Å². The molecule has 2 aliphatic heterocycles. The Morgan fingerprint density at radius 1 is 1.22 bits per heavy atom. The number of nitrogens with two attached hydrogens (primary N) is 1. The van der Waals surface area contributed by atoms with Crippen LogP contribution in [-0.2, 0) is 17.9 Å². The Morgan fingerprint density at radius 2 is 2.02 bits per heavy atom. The summed E-state index contributed by atoms with van der Waals surface area (Å²) in [5, 5.41) is 28.5. The minimum atomic E-state index is -1.05. The first-order chi connectivity index (χ1) is 23.4. The molecule has 3 unspecified atom stereocenters. The van der Waals surface area contributed by atoms with Crippen molar-refractivity contribution in [1.29, 1.82) is 5.26 Å². The van der Waals surface area contributed by atoms with Gasteiger partial charge in [0.05, 0.1) is 45.5 Å². The van der Waals surface area contributed by atoms with E-state index in [-0.39, 0.29) is 50.5 Å². The molecule has 49 heavy (non-hydrogen) atoms. The maximum atomic E-state index is 14.5. The van der Waals surface area contributed by atoms with Gasteiger partial charge in [-0.3, -0.25) is 4.79 Å². The van der Waals surface area contributed by atoms with Crippen LogP contribution in [0.3, 0.4) is 0 Å². The average molecular weight is 725 g/mol. The number of rotatable bonds is 9. The number of β-amino-alcohol motifs (C(OH)–C–C–N with tert-alkyl or cyclic N) is 1. The molecule has 15 heteroatoms. The number of thiazole rings is 1. The number of fused-ring (bicyclic) bond motifs is 2. The van der Waals surface area contributed by atoms with Crippen LogP contribution in [0.15, 0.2) is 60.3 Å². The normalized spacial score (nSPS) is 24.1. The monoisotopic (exact) mass is 723 g/mol. The Kier molecular flexibility index (Phi) is 10.4. The maximum Gasteiger partial charge on any atom is 0.333 e. The lowest BCUT2D eigenvalue weighted by molar-refractivity contribution is -0.159. The number of nitrogen functional groups attached to an aromatic ring is 1. The van der Waals surface area contributed by atoms with E-state index in [0.717, 1.165) is 27.0 Å². The Balaban J connectivity index is 1.30. The highest BCUT2D eigenvalue weighted by Gasteiger charge is 2.53. The SMILES string of the molecule is CC1C=C(N(C)C)C=CC1C[C@H]1C(=O)N(Cc2cccc3sc(N)nc23)C[C@H]2N1C(O)CN2N(CC#N)C(=O)NCc1ccc(Cl)c(Cl)c1. The van der Waals surface area contributed by atoms with Gasteiger partial charge >= 0.3 is 6.03 Å². The molecule has 0 saturated carbocycles. The number of nitriles is 1. The number of carbonyl (C=O) groups is 2. The number of aliphatic hydroxyl groups is 1. The van der Waals surface area contributed by atoms with Gasteiger partial charge in [0.2, 0.25) is 5.91 Å². The van der Waals surface area contributed by atoms with E-state index in [1.165, 1.54) is 16.3 Å². The number of hydrogen-bond acceptors (Lipinski definition) is 10. The summed E-state index contributed by atoms with van der Waals surface area (Å²) in [6.45, 7) is 2.50. The third-order valence-corrected chi connectivity index (χ3v) is 11.0. The number of aromatic nitrogens is 1. The number of halogens is 2. The standard InChI is InChI=1S/C34H39Cl2N9O3S/c1-20-13-24(41(2)3)9-8-22(20)15-27-32(47)42(17-23-5-4-6-28-31(23)40-33(38)49-28)18-29-44(19-30(46)45(27)29)43(12-11-37)34(48)39-16-21-7-10-25(35)26(36)14-21/h4-10,13-14,20,22,27,29-30,46H,12,15-19H2,1-3H3,(H2,38,40)(H,39,48)/t20?,22?,27-,29+,30?/m0/s1. The fraction of sp³-hybridized carbons (Fsp3) is 0.412. The van der Waals surface area contributed by atoms with Crippen LogP contribution < -0.4 is 11.1 Å². The molecule has 258 valence electrons. The number of hydrogen-bond donors (Lipinski definition) is 3. The molecule has 2 fully saturated rings. The quantitative estimate of drug-likeness (QED) is 0.273. The van der Waals surface area contributed by atoms with Crippen molar-refractivity contribution in [2.45, 2.75) is 44.9 Å². The third-order valence-electron chi connectivity index (χ3n) is 9.43. The molecule has 1 aromatic heterocycles. The molecule has 0 bridgehead atoms. The van der Waals surface area contributed by atoms with E-state index in [4.69, 9.17) is 28.9 Å². The van der Waals surface area contributed by atoms with Gasteiger partial charge in [-0.05, 0) is 53.7 Å². The number of aliphatic hydroxyl groups excluding tert-OH is 1. The van der Waals surface area contributed by atoms with Crippen LogP contribution in [0.4, 0.5) is 9.93 Å². The van der Waals surface area contributed by atoms with Crippen LogP contribution in [0.1, 0.15) is 24.5 Å². The van der Waals surface area contributed by atoms with E-state index in [1.54, 1.807) is 28.1 Å². The molecule has 5 atom stereocenters. The smallest absolute Gasteiger partial charge is 0.333 e. The fourth-order valence-electron chi connectivity index (χ4n) is 6.91. The Labute approximate surface area is 299 Å². The van der Waals surface area contributed by atoms with Crippen molar-refractivity contribution in [3.8, 4) is 6.07 Å². The van der Waals surface area contributed by atoms with Crippen molar-refractivity contribution in [2.75, 3.05) is 39.5 Å². The number of amides is 3. The number of anilines is 1. The number of piperazine rings is 1. The molecule has 1 aliphatic carbocycles. The molecule has 3 heterocycles. The number of nitrogens with zero attached hydrogens (tertiary/aromatic N) is 7. The second-order valence-electron chi connectivity index (χ2n) is 12.8. The Hall–Kier alpha value is -3.90. The van der Waals surface area contributed by atoms with Gasteiger partial charge < -0.3 is 26.0 Å². The average Bonchev–Trinajstić information content (AvgIpc) is 3.61. The molecule has 3 aliphatic rings. The summed E-state index contributed by atoms with van der Waals surface area (Å²) >= 11 is 13.6. The zero-order valence-electron chi connectivity index (χ0n) is 27.5. The van der Waals surface area contributed by atoms with E-state index in [2.05, 4.69) is 46.4 Å². The van der Waals surface area contributed by atoms with Crippen LogP contribution in [0.2, 0.25) is 10.0 Å². The van der Waals surface area contributed by atoms with E-state index in [9.17, 15) is 20.0 Å². The highest BCUT2D eigenvalue weighted by Crippen LogP contribution is 2.37. The zero-order valence-corrected chi connectivity index (χ0v) is 29.8. The van der Waals surface area contributed by atoms with Gasteiger partial charge in [0.15, 0.2) is 5.13 Å². The first-order valence-corrected chi connectivity index (χ1v) is 17.6. The van der Waals surface area contributed by atoms with Gasteiger partial charge in [-0.2, -0.15) is 10.3 Å². The molecule has 0 radical (unpaired) electrons. The first-order valence-electron chi connectivity index (χ1n) is 16.0. The number of likely N-dealkylation sites (N-methyl/N-ethyl adjacent to an activating group) is 1. The number of carbonyl (C=O) groups excluding carboxylic acids is 2. The summed E-state index contributed by atoms with van der Waals surface area (Å²) in [4.78, 5) is 38.3. The molecule has 2 aromatic carbocycles. The van der Waals surface area contributed by atoms with Crippen LogP contribution in [0, 0.1) is 23.2 Å². The zero-order chi connectivity index (χ0) is 35.0. The minimum absolute atomic E-state index is 0.0309. The second-order valence-corrected chi connectivity index (χ2v) is 14.7. The van der Waals surface area contributed by atoms with Crippen molar-refractivity contribution in [2.24, 2.45) is 11.8 Å². The fourth-order valence-corrected chi connectivity index (χ4v) is 8.01. The molecule has 3 aromatic rings. The topological polar surface area (TPSA) is 145 Å². The van der Waals surface area contributed by atoms with E-state index in [1.807, 2.05) is 37.2 Å².